The molecule has 0 bridgehead atoms. The van der Waals surface area contributed by atoms with Crippen LogP contribution in [-0.4, -0.2) is 0 Å². The lowest BCUT2D eigenvalue weighted by Crippen LogP contribution is -2.17. The van der Waals surface area contributed by atoms with E-state index in [0.29, 0.717) is 0 Å². The molecule has 2 aliphatic carbocycles. The Morgan fingerprint density at radius 3 is 0.766 bits per heavy atom. The minimum atomic E-state index is -2.20. The minimum Gasteiger partial charge on any atom is -0.310 e. The molecule has 0 amide bonds. The highest BCUT2D eigenvalue weighted by Crippen LogP contribution is 2.55. The molecule has 0 spiro atoms. The highest BCUT2D eigenvalue weighted by atomic mass is 79.9. The lowest BCUT2D eigenvalue weighted by Gasteiger charge is -2.28. The largest absolute Gasteiger partial charge is 0.310 e. The normalized spacial score (nSPS) is 12.8. The number of nitrogens with zero attached hydrogens (tertiary/aromatic N) is 3. The summed E-state index contributed by atoms with van der Waals surface area (Å²) in [5, 5.41) is 22.1. The van der Waals surface area contributed by atoms with Crippen molar-refractivity contribution in [1.29, 1.82) is 0 Å². The summed E-state index contributed by atoms with van der Waals surface area (Å²) in [6.45, 7) is 9.39. The van der Waals surface area contributed by atoms with Gasteiger partial charge in [0.25, 0.3) is 0 Å². The number of fused-ring (bicyclic) bond motifs is 6. The van der Waals surface area contributed by atoms with Gasteiger partial charge < -0.3 is 14.7 Å². The van der Waals surface area contributed by atoms with E-state index in [1.54, 1.807) is 42.5 Å². The Hall–Kier alpha value is -15.1. The first kappa shape index (κ1) is 84.9. The first-order chi connectivity index (χ1) is 66.8. The van der Waals surface area contributed by atoms with Gasteiger partial charge in [-0.05, 0) is 301 Å². The van der Waals surface area contributed by atoms with Crippen LogP contribution < -0.4 is 14.7 Å². The van der Waals surface area contributed by atoms with Crippen molar-refractivity contribution in [3.05, 3.63) is 483 Å². The molecule has 0 fully saturated rings. The average Bonchev–Trinajstić information content (AvgIpc) is 1.72. The quantitative estimate of drug-likeness (QED) is 0.0493. The van der Waals surface area contributed by atoms with Crippen molar-refractivity contribution < 1.29 is 22.0 Å². The molecule has 0 aliphatic heterocycles. The summed E-state index contributed by atoms with van der Waals surface area (Å²) in [7, 11) is 0. The zero-order valence-corrected chi connectivity index (χ0v) is 79.5. The Morgan fingerprint density at radius 2 is 0.416 bits per heavy atom. The molecular weight excluding hydrogens is 1890 g/mol. The van der Waals surface area contributed by atoms with E-state index >= 15 is 8.78 Å². The summed E-state index contributed by atoms with van der Waals surface area (Å²) in [5.74, 6) is -10.0. The lowest BCUT2D eigenvalue weighted by atomic mass is 9.82. The van der Waals surface area contributed by atoms with Crippen LogP contribution in [-0.2, 0) is 10.8 Å². The molecule has 0 saturated carbocycles. The van der Waals surface area contributed by atoms with Crippen molar-refractivity contribution in [2.45, 2.75) is 38.5 Å². The first-order valence-electron chi connectivity index (χ1n) is 45.9. The Labute approximate surface area is 814 Å². The maximum Gasteiger partial charge on any atom is 0.200 e. The third-order valence-corrected chi connectivity index (χ3v) is 30.5. The van der Waals surface area contributed by atoms with Crippen LogP contribution in [0.5, 0.6) is 0 Å². The SMILES string of the molecule is CC1(C)c2ccccc2-c2ccc(N(c3ccc(-c4ccccc4)cc3)c3ccc(-c4ccc5ccc6c(Br)ccc7ccc4c5c76)cc3)cc21.CC1(C)c2ccccc2-c2ccc(N(c3ccccc3)c3ccc(-c4ccc5ccc6c(Br)ccc7ccc4c5c76)cc3)cc21.Fc1c(F)c(F)c(N(c2ccccc2)c2ccc(-c3ccc4ccc5c(Br)ccc6ccc3c4c65)cc2)c(F)c1F. The van der Waals surface area contributed by atoms with Gasteiger partial charge in [0, 0.05) is 69.7 Å². The van der Waals surface area contributed by atoms with Gasteiger partial charge in [-0.2, -0.15) is 0 Å². The van der Waals surface area contributed by atoms with Crippen molar-refractivity contribution in [3.8, 4) is 66.8 Å². The summed E-state index contributed by atoms with van der Waals surface area (Å²) in [6, 6.07) is 147. The third kappa shape index (κ3) is 14.0. The highest BCUT2D eigenvalue weighted by molar-refractivity contribution is 9.11. The molecule has 3 nitrogen and oxygen atoms in total. The molecule has 137 heavy (non-hydrogen) atoms. The van der Waals surface area contributed by atoms with Crippen molar-refractivity contribution in [3.63, 3.8) is 0 Å². The van der Waals surface area contributed by atoms with Crippen LogP contribution in [0.4, 0.5) is 73.1 Å². The predicted octanol–water partition coefficient (Wildman–Crippen LogP) is 38.4. The van der Waals surface area contributed by atoms with Gasteiger partial charge in [-0.1, -0.05) is 379 Å². The molecule has 0 N–H and O–H groups in total. The van der Waals surface area contributed by atoms with Gasteiger partial charge in [0.05, 0.1) is 0 Å². The smallest absolute Gasteiger partial charge is 0.200 e. The zero-order valence-electron chi connectivity index (χ0n) is 74.7. The highest BCUT2D eigenvalue weighted by Gasteiger charge is 2.39. The van der Waals surface area contributed by atoms with Gasteiger partial charge in [0.1, 0.15) is 5.69 Å². The number of anilines is 9. The van der Waals surface area contributed by atoms with Crippen LogP contribution in [0, 0.1) is 29.1 Å². The lowest BCUT2D eigenvalue weighted by molar-refractivity contribution is 0.380. The van der Waals surface area contributed by atoms with Crippen LogP contribution in [0.3, 0.4) is 0 Å². The van der Waals surface area contributed by atoms with Gasteiger partial charge in [-0.3, -0.25) is 0 Å². The number of halogens is 8. The number of hydrogen-bond acceptors (Lipinski definition) is 3. The third-order valence-electron chi connectivity index (χ3n) is 28.5. The van der Waals surface area contributed by atoms with Crippen molar-refractivity contribution in [2.75, 3.05) is 14.7 Å². The second-order valence-electron chi connectivity index (χ2n) is 36.7. The van der Waals surface area contributed by atoms with E-state index in [0.717, 1.165) is 90.2 Å². The van der Waals surface area contributed by atoms with Gasteiger partial charge in [-0.25, -0.2) is 22.0 Å². The summed E-state index contributed by atoms with van der Waals surface area (Å²) in [4.78, 5) is 5.81. The maximum atomic E-state index is 15.0. The standard InChI is InChI=1S/C49H34BrN.C43H30BrN.C34H17BrF5N/c1-49(2)44-11-7-6-10-40(44)41-28-24-38(30-45(41)49)51(36-20-12-32(13-21-36)31-8-4-3-5-9-31)37-22-14-33(15-23-37)39-25-16-34-18-27-43-46(50)29-19-35-17-26-42(39)47(34)48(35)43;1-43(2)38-11-7-6-10-34(38)35-24-20-32(26-39(35)43)45(30-8-4-3-5-9-30)31-18-12-27(13-19-31)33-21-14-28-16-23-37-40(44)25-17-29-15-22-36(33)41(28)42(29)37;35-26-17-11-20-9-15-24-23(14-8-19-10-16-25(26)28(20)27(19)24)18-6-12-22(13-7-18)41(21-4-2-1-3-5-21)34-32(39)30(37)29(36)31(38)33(34)40/h3-30H,1-2H3;3-26H,1-2H3;1-17H. The Bertz CT molecular complexity index is 8890. The fourth-order valence-corrected chi connectivity index (χ4v) is 23.2. The van der Waals surface area contributed by atoms with Gasteiger partial charge in [0.15, 0.2) is 23.3 Å². The summed E-state index contributed by atoms with van der Waals surface area (Å²) >= 11 is 11.3. The van der Waals surface area contributed by atoms with Crippen LogP contribution >= 0.6 is 47.8 Å². The number of para-hydroxylation sites is 2. The number of rotatable bonds is 13. The molecule has 0 heterocycles. The molecule has 0 aromatic heterocycles. The second kappa shape index (κ2) is 33.5. The first-order valence-corrected chi connectivity index (χ1v) is 48.2. The molecule has 24 aromatic carbocycles. The van der Waals surface area contributed by atoms with Crippen LogP contribution in [0.2, 0.25) is 0 Å². The van der Waals surface area contributed by atoms with Crippen molar-refractivity contribution >= 4 is 196 Å². The van der Waals surface area contributed by atoms with Gasteiger partial charge >= 0.3 is 0 Å². The van der Waals surface area contributed by atoms with E-state index in [1.165, 1.54) is 160 Å². The van der Waals surface area contributed by atoms with E-state index in [2.05, 4.69) is 437 Å². The molecule has 0 radical (unpaired) electrons. The van der Waals surface area contributed by atoms with Gasteiger partial charge in [-0.15, -0.1) is 0 Å². The van der Waals surface area contributed by atoms with Crippen LogP contribution in [0.15, 0.2) is 432 Å². The second-order valence-corrected chi connectivity index (χ2v) is 39.3. The Kier molecular flexibility index (Phi) is 20.7. The molecule has 0 saturated heterocycles. The molecule has 11 heteroatoms. The topological polar surface area (TPSA) is 9.72 Å². The summed E-state index contributed by atoms with van der Waals surface area (Å²) < 4.78 is 75.6. The Morgan fingerprint density at radius 1 is 0.182 bits per heavy atom. The maximum absolute atomic E-state index is 15.0. The van der Waals surface area contributed by atoms with E-state index < -0.39 is 34.8 Å². The van der Waals surface area contributed by atoms with Gasteiger partial charge in [0.2, 0.25) is 5.82 Å². The summed E-state index contributed by atoms with van der Waals surface area (Å²) in [6.07, 6.45) is 0. The number of hydrogen-bond donors (Lipinski definition) is 0. The van der Waals surface area contributed by atoms with Crippen LogP contribution in [0.1, 0.15) is 49.9 Å². The molecule has 26 rings (SSSR count). The molecular formula is C126H81Br3F5N3. The van der Waals surface area contributed by atoms with E-state index in [1.807, 2.05) is 12.1 Å². The van der Waals surface area contributed by atoms with Crippen molar-refractivity contribution in [2.24, 2.45) is 0 Å². The van der Waals surface area contributed by atoms with E-state index in [-0.39, 0.29) is 22.2 Å². The monoisotopic (exact) mass is 1970 g/mol. The molecule has 2 aliphatic rings. The Balaban J connectivity index is 0.000000113. The molecule has 24 aromatic rings. The molecule has 0 atom stereocenters. The molecule has 0 unspecified atom stereocenters. The summed E-state index contributed by atoms with van der Waals surface area (Å²) in [5.41, 5.74) is 26.1. The average molecular weight is 1970 g/mol. The van der Waals surface area contributed by atoms with Crippen LogP contribution in [0.25, 0.3) is 164 Å². The van der Waals surface area contributed by atoms with Crippen molar-refractivity contribution in [1.82, 2.24) is 0 Å². The fourth-order valence-electron chi connectivity index (χ4n) is 21.8. The zero-order chi connectivity index (χ0) is 93.0. The predicted molar refractivity (Wildman–Crippen MR) is 574 cm³/mol. The van der Waals surface area contributed by atoms with E-state index in [4.69, 9.17) is 0 Å². The number of benzene rings is 24. The molecule has 656 valence electrons. The van der Waals surface area contributed by atoms with E-state index in [9.17, 15) is 13.2 Å². The fraction of sp³-hybridized carbons (Fsp3) is 0.0476. The minimum absolute atomic E-state index is 0.0568.